The minimum absolute atomic E-state index is 0.00182. The van der Waals surface area contributed by atoms with Gasteiger partial charge >= 0.3 is 0 Å². The van der Waals surface area contributed by atoms with Gasteiger partial charge in [0.25, 0.3) is 5.91 Å². The molecule has 3 saturated heterocycles. The van der Waals surface area contributed by atoms with Crippen LogP contribution < -0.4 is 0 Å². The van der Waals surface area contributed by atoms with Crippen LogP contribution in [0.3, 0.4) is 0 Å². The number of amides is 2. The summed E-state index contributed by atoms with van der Waals surface area (Å²) in [6.07, 6.45) is 10.7. The van der Waals surface area contributed by atoms with E-state index in [1.807, 2.05) is 31.1 Å². The molecule has 1 unspecified atom stereocenters. The van der Waals surface area contributed by atoms with Gasteiger partial charge in [0.2, 0.25) is 5.91 Å². The van der Waals surface area contributed by atoms with Crippen LogP contribution in [0.25, 0.3) is 16.6 Å². The predicted octanol–water partition coefficient (Wildman–Crippen LogP) is 5.40. The number of nitrogens with zero attached hydrogens (tertiary/aromatic N) is 6. The number of pyridine rings is 1. The number of rotatable bonds is 8. The Hall–Kier alpha value is -3.30. The van der Waals surface area contributed by atoms with Crippen molar-refractivity contribution in [2.45, 2.75) is 78.4 Å². The monoisotopic (exact) mass is 642 g/mol. The van der Waals surface area contributed by atoms with Gasteiger partial charge in [0.1, 0.15) is 5.82 Å². The van der Waals surface area contributed by atoms with Crippen LogP contribution >= 0.6 is 0 Å². The van der Waals surface area contributed by atoms with Crippen LogP contribution in [0.5, 0.6) is 0 Å². The van der Waals surface area contributed by atoms with Gasteiger partial charge in [-0.25, -0.2) is 4.39 Å². The zero-order valence-corrected chi connectivity index (χ0v) is 29.0. The zero-order chi connectivity index (χ0) is 33.1. The minimum atomic E-state index is -0.415. The molecular weight excluding hydrogens is 591 g/mol. The highest BCUT2D eigenvalue weighted by Gasteiger charge is 2.47. The lowest BCUT2D eigenvalue weighted by molar-refractivity contribution is -0.128. The average Bonchev–Trinajstić information content (AvgIpc) is 3.79. The van der Waals surface area contributed by atoms with Crippen LogP contribution in [0.1, 0.15) is 68.4 Å². The van der Waals surface area contributed by atoms with Gasteiger partial charge in [0.05, 0.1) is 23.0 Å². The maximum absolute atomic E-state index is 14.5. The van der Waals surface area contributed by atoms with Crippen LogP contribution in [-0.4, -0.2) is 105 Å². The first-order chi connectivity index (χ1) is 22.5. The van der Waals surface area contributed by atoms with Crippen molar-refractivity contribution >= 4 is 22.7 Å². The van der Waals surface area contributed by atoms with Gasteiger partial charge < -0.3 is 19.3 Å². The molecule has 8 nitrogen and oxygen atoms in total. The van der Waals surface area contributed by atoms with Gasteiger partial charge in [0.15, 0.2) is 0 Å². The summed E-state index contributed by atoms with van der Waals surface area (Å²) in [7, 11) is 1.77. The summed E-state index contributed by atoms with van der Waals surface area (Å²) in [6, 6.07) is 5.83. The molecule has 7 rings (SSSR count). The highest BCUT2D eigenvalue weighted by atomic mass is 19.1. The van der Waals surface area contributed by atoms with Crippen LogP contribution in [0.15, 0.2) is 36.8 Å². The molecule has 4 atom stereocenters. The lowest BCUT2D eigenvalue weighted by Gasteiger charge is -2.46. The molecule has 0 N–H and O–H groups in total. The third kappa shape index (κ3) is 5.99. The normalized spacial score (nSPS) is 27.1. The highest BCUT2D eigenvalue weighted by molar-refractivity contribution is 5.99. The number of carbonyl (C=O) groups is 2. The number of hydrogen-bond acceptors (Lipinski definition) is 5. The SMILES string of the molecule is CC(=O)N1C[C@@H]2CN([C@H]3C[C@@H](C(C)N4CC[C@@H](Cc5cn(-c6ccc(F)cc6C(=O)N(C)C(C)C)c6cncc(C)c56)C4)C3)C[C@H]2C1. The quantitative estimate of drug-likeness (QED) is 0.330. The molecule has 3 aromatic rings. The maximum atomic E-state index is 14.5. The summed E-state index contributed by atoms with van der Waals surface area (Å²) < 4.78 is 16.6. The van der Waals surface area contributed by atoms with Crippen LogP contribution in [-0.2, 0) is 11.2 Å². The molecule has 1 saturated carbocycles. The van der Waals surface area contributed by atoms with E-state index in [0.29, 0.717) is 41.1 Å². The largest absolute Gasteiger partial charge is 0.342 e. The number of aromatic nitrogens is 2. The molecule has 0 radical (unpaired) electrons. The third-order valence-corrected chi connectivity index (χ3v) is 12.2. The summed E-state index contributed by atoms with van der Waals surface area (Å²) in [5, 5.41) is 1.19. The van der Waals surface area contributed by atoms with Crippen molar-refractivity contribution in [3.05, 3.63) is 59.3 Å². The Morgan fingerprint density at radius 2 is 1.77 bits per heavy atom. The molecule has 2 aromatic heterocycles. The first-order valence-corrected chi connectivity index (χ1v) is 17.7. The minimum Gasteiger partial charge on any atom is -0.342 e. The van der Waals surface area contributed by atoms with Crippen LogP contribution in [0.4, 0.5) is 4.39 Å². The number of aryl methyl sites for hydroxylation is 1. The Balaban J connectivity index is 1.02. The molecule has 3 aliphatic heterocycles. The first kappa shape index (κ1) is 32.3. The fourth-order valence-corrected chi connectivity index (χ4v) is 9.02. The molecule has 4 aliphatic rings. The number of halogens is 1. The molecule has 5 heterocycles. The molecule has 47 heavy (non-hydrogen) atoms. The second-order valence-electron chi connectivity index (χ2n) is 15.4. The van der Waals surface area contributed by atoms with E-state index in [1.165, 1.54) is 42.3 Å². The number of fused-ring (bicyclic) bond motifs is 2. The lowest BCUT2D eigenvalue weighted by Crippen LogP contribution is -2.51. The van der Waals surface area contributed by atoms with Crippen molar-refractivity contribution in [1.82, 2.24) is 29.2 Å². The average molecular weight is 643 g/mol. The molecule has 0 spiro atoms. The second kappa shape index (κ2) is 12.6. The topological polar surface area (TPSA) is 64.9 Å². The predicted molar refractivity (Wildman–Crippen MR) is 183 cm³/mol. The Morgan fingerprint density at radius 1 is 1.04 bits per heavy atom. The Kier molecular flexibility index (Phi) is 8.66. The number of benzene rings is 1. The standard InChI is InChI=1S/C38H51FN6O2/c1-23(2)41(6)38(47)34-14-32(39)7-8-35(34)45-22-29(37-24(3)15-40-16-36(37)45)11-27-9-10-42(17-27)25(4)28-12-33(13-28)44-20-30-18-43(26(5)46)19-31(30)21-44/h7-8,14-16,22-23,25,27-28,30-31,33H,9-13,17-21H2,1-6H3/t25?,27-,28-,30+,31+,33+/m0/s1. The van der Waals surface area contributed by atoms with Gasteiger partial charge in [-0.15, -0.1) is 0 Å². The third-order valence-electron chi connectivity index (χ3n) is 12.2. The Bertz CT molecular complexity index is 1650. The number of likely N-dealkylation sites (tertiary alicyclic amines) is 3. The molecule has 0 bridgehead atoms. The summed E-state index contributed by atoms with van der Waals surface area (Å²) >= 11 is 0. The van der Waals surface area contributed by atoms with Crippen molar-refractivity contribution in [1.29, 1.82) is 0 Å². The van der Waals surface area contributed by atoms with Gasteiger partial charge in [-0.1, -0.05) is 0 Å². The van der Waals surface area contributed by atoms with Gasteiger partial charge in [-0.2, -0.15) is 0 Å². The van der Waals surface area contributed by atoms with Gasteiger partial charge in [-0.05, 0) is 113 Å². The summed E-state index contributed by atoms with van der Waals surface area (Å²) in [5.74, 6) is 2.26. The van der Waals surface area contributed by atoms with E-state index in [-0.39, 0.29) is 17.9 Å². The molecule has 252 valence electrons. The van der Waals surface area contributed by atoms with Crippen molar-refractivity contribution in [2.75, 3.05) is 46.3 Å². The van der Waals surface area contributed by atoms with Crippen LogP contribution in [0, 0.1) is 36.4 Å². The molecule has 4 fully saturated rings. The Labute approximate surface area is 278 Å². The van der Waals surface area contributed by atoms with Crippen molar-refractivity contribution in [3.63, 3.8) is 0 Å². The molecule has 9 heteroatoms. The number of carbonyl (C=O) groups excluding carboxylic acids is 2. The van der Waals surface area contributed by atoms with E-state index >= 15 is 0 Å². The first-order valence-electron chi connectivity index (χ1n) is 17.7. The summed E-state index contributed by atoms with van der Waals surface area (Å²) in [6.45, 7) is 16.6. The number of hydrogen-bond donors (Lipinski definition) is 0. The molecule has 1 aliphatic carbocycles. The van der Waals surface area contributed by atoms with E-state index in [9.17, 15) is 14.0 Å². The van der Waals surface area contributed by atoms with Gasteiger partial charge in [0, 0.05) is 82.6 Å². The van der Waals surface area contributed by atoms with E-state index in [0.717, 1.165) is 62.7 Å². The Morgan fingerprint density at radius 3 is 2.45 bits per heavy atom. The fraction of sp³-hybridized carbons (Fsp3) is 0.605. The van der Waals surface area contributed by atoms with Crippen molar-refractivity contribution < 1.29 is 14.0 Å². The van der Waals surface area contributed by atoms with Crippen LogP contribution in [0.2, 0.25) is 0 Å². The maximum Gasteiger partial charge on any atom is 0.256 e. The van der Waals surface area contributed by atoms with Crippen molar-refractivity contribution in [3.8, 4) is 5.69 Å². The van der Waals surface area contributed by atoms with E-state index in [4.69, 9.17) is 0 Å². The molecule has 1 aromatic carbocycles. The lowest BCUT2D eigenvalue weighted by atomic mass is 9.75. The van der Waals surface area contributed by atoms with Gasteiger partial charge in [-0.3, -0.25) is 19.5 Å². The fourth-order valence-electron chi connectivity index (χ4n) is 9.02. The van der Waals surface area contributed by atoms with E-state index in [1.54, 1.807) is 24.9 Å². The smallest absolute Gasteiger partial charge is 0.256 e. The second-order valence-corrected chi connectivity index (χ2v) is 15.4. The molecular formula is C38H51FN6O2. The summed E-state index contributed by atoms with van der Waals surface area (Å²) in [4.78, 5) is 39.0. The van der Waals surface area contributed by atoms with E-state index in [2.05, 4.69) is 39.4 Å². The summed E-state index contributed by atoms with van der Waals surface area (Å²) in [5.41, 5.74) is 4.39. The zero-order valence-electron chi connectivity index (χ0n) is 29.0. The molecule has 2 amide bonds. The van der Waals surface area contributed by atoms with Crippen molar-refractivity contribution in [2.24, 2.45) is 23.7 Å². The highest BCUT2D eigenvalue weighted by Crippen LogP contribution is 2.42. The van der Waals surface area contributed by atoms with E-state index < -0.39 is 5.82 Å².